The Balaban J connectivity index is 2.22. The molecule has 0 amide bonds. The van der Waals surface area contributed by atoms with Crippen molar-refractivity contribution in [3.63, 3.8) is 0 Å². The van der Waals surface area contributed by atoms with Crippen molar-refractivity contribution in [3.05, 3.63) is 29.8 Å². The first-order chi connectivity index (χ1) is 11.7. The van der Waals surface area contributed by atoms with Gasteiger partial charge in [0.15, 0.2) is 0 Å². The average Bonchev–Trinajstić information content (AvgIpc) is 2.52. The predicted octanol–water partition coefficient (Wildman–Crippen LogP) is 3.90. The van der Waals surface area contributed by atoms with Crippen LogP contribution in [0.5, 0.6) is 5.75 Å². The molecule has 1 aliphatic rings. The first kappa shape index (κ1) is 19.3. The number of benzene rings is 1. The van der Waals surface area contributed by atoms with Crippen LogP contribution in [0.4, 0.5) is 0 Å². The Kier molecular flexibility index (Phi) is 6.09. The largest absolute Gasteiger partial charge is 0.488 e. The second-order valence-corrected chi connectivity index (χ2v) is 7.61. The Hall–Kier alpha value is -2.04. The van der Waals surface area contributed by atoms with Crippen molar-refractivity contribution in [2.75, 3.05) is 14.2 Å². The molecule has 138 valence electrons. The number of aliphatic imine (C=N–C) groups is 2. The Morgan fingerprint density at radius 1 is 1.04 bits per heavy atom. The molecule has 0 fully saturated rings. The van der Waals surface area contributed by atoms with E-state index in [4.69, 9.17) is 24.2 Å². The Bertz CT molecular complexity index is 645. The molecule has 0 aromatic heterocycles. The summed E-state index contributed by atoms with van der Waals surface area (Å²) in [6.45, 7) is 10.3. The maximum Gasteiger partial charge on any atom is 0.209 e. The molecular formula is C20H30N2O3. The third-order valence-corrected chi connectivity index (χ3v) is 3.89. The van der Waals surface area contributed by atoms with Gasteiger partial charge in [-0.2, -0.15) is 0 Å². The fraction of sp³-hybridized carbons (Fsp3) is 0.600. The quantitative estimate of drug-likeness (QED) is 0.831. The van der Waals surface area contributed by atoms with Crippen LogP contribution in [0, 0.1) is 5.92 Å². The second kappa shape index (κ2) is 7.89. The molecule has 5 heteroatoms. The molecular weight excluding hydrogens is 316 g/mol. The molecule has 5 nitrogen and oxygen atoms in total. The molecule has 0 N–H and O–H groups in total. The van der Waals surface area contributed by atoms with Crippen molar-refractivity contribution < 1.29 is 14.2 Å². The molecule has 0 spiro atoms. The van der Waals surface area contributed by atoms with E-state index in [1.54, 1.807) is 14.2 Å². The summed E-state index contributed by atoms with van der Waals surface area (Å²) in [5, 5.41) is 0. The lowest BCUT2D eigenvalue weighted by Crippen LogP contribution is -2.38. The topological polar surface area (TPSA) is 52.4 Å². The van der Waals surface area contributed by atoms with Gasteiger partial charge in [0.25, 0.3) is 0 Å². The molecule has 1 unspecified atom stereocenters. The first-order valence-electron chi connectivity index (χ1n) is 8.75. The highest BCUT2D eigenvalue weighted by Crippen LogP contribution is 2.23. The normalized spacial score (nSPS) is 20.8. The van der Waals surface area contributed by atoms with Crippen molar-refractivity contribution in [2.45, 2.75) is 58.7 Å². The Labute approximate surface area is 151 Å². The van der Waals surface area contributed by atoms with Gasteiger partial charge in [-0.05, 0) is 44.4 Å². The molecule has 0 aliphatic carbocycles. The molecule has 2 rings (SSSR count). The first-order valence-corrected chi connectivity index (χ1v) is 8.75. The van der Waals surface area contributed by atoms with Crippen LogP contribution in [0.25, 0.3) is 0 Å². The summed E-state index contributed by atoms with van der Waals surface area (Å²) in [6.07, 6.45) is 0.686. The number of hydrogen-bond acceptors (Lipinski definition) is 5. The molecule has 1 aromatic rings. The van der Waals surface area contributed by atoms with E-state index in [9.17, 15) is 0 Å². The zero-order valence-electron chi connectivity index (χ0n) is 16.4. The number of rotatable bonds is 4. The van der Waals surface area contributed by atoms with Gasteiger partial charge in [0.1, 0.15) is 23.4 Å². The van der Waals surface area contributed by atoms with Crippen molar-refractivity contribution >= 4 is 11.8 Å². The molecule has 1 aliphatic heterocycles. The van der Waals surface area contributed by atoms with Crippen molar-refractivity contribution in [1.29, 1.82) is 0 Å². The summed E-state index contributed by atoms with van der Waals surface area (Å²) >= 11 is 0. The molecule has 2 atom stereocenters. The third kappa shape index (κ3) is 5.21. The van der Waals surface area contributed by atoms with Crippen LogP contribution in [0.2, 0.25) is 0 Å². The van der Waals surface area contributed by atoms with Crippen LogP contribution in [0.3, 0.4) is 0 Å². The van der Waals surface area contributed by atoms with E-state index < -0.39 is 0 Å². The van der Waals surface area contributed by atoms with E-state index in [0.29, 0.717) is 24.1 Å². The van der Waals surface area contributed by atoms with Gasteiger partial charge in [0, 0.05) is 6.42 Å². The summed E-state index contributed by atoms with van der Waals surface area (Å²) in [4.78, 5) is 9.47. The lowest BCUT2D eigenvalue weighted by atomic mass is 10.0. The molecule has 25 heavy (non-hydrogen) atoms. The van der Waals surface area contributed by atoms with E-state index in [-0.39, 0.29) is 17.7 Å². The monoisotopic (exact) mass is 346 g/mol. The zero-order chi connectivity index (χ0) is 18.6. The van der Waals surface area contributed by atoms with Crippen LogP contribution in [-0.4, -0.2) is 43.7 Å². The van der Waals surface area contributed by atoms with Crippen molar-refractivity contribution in [1.82, 2.24) is 0 Å². The molecule has 0 saturated heterocycles. The number of nitrogens with zero attached hydrogens (tertiary/aromatic N) is 2. The van der Waals surface area contributed by atoms with E-state index in [0.717, 1.165) is 11.3 Å². The summed E-state index contributed by atoms with van der Waals surface area (Å²) < 4.78 is 16.9. The van der Waals surface area contributed by atoms with Crippen LogP contribution < -0.4 is 4.74 Å². The van der Waals surface area contributed by atoms with Crippen LogP contribution in [0.15, 0.2) is 34.3 Å². The van der Waals surface area contributed by atoms with Gasteiger partial charge < -0.3 is 14.2 Å². The highest BCUT2D eigenvalue weighted by molar-refractivity contribution is 5.94. The third-order valence-electron chi connectivity index (χ3n) is 3.89. The van der Waals surface area contributed by atoms with Gasteiger partial charge >= 0.3 is 0 Å². The lowest BCUT2D eigenvalue weighted by Gasteiger charge is -2.27. The minimum atomic E-state index is -0.228. The van der Waals surface area contributed by atoms with Crippen LogP contribution >= 0.6 is 0 Å². The smallest absolute Gasteiger partial charge is 0.209 e. The van der Waals surface area contributed by atoms with E-state index in [1.165, 1.54) is 0 Å². The summed E-state index contributed by atoms with van der Waals surface area (Å²) in [5.74, 6) is 2.48. The molecule has 1 aromatic carbocycles. The molecule has 0 bridgehead atoms. The minimum Gasteiger partial charge on any atom is -0.488 e. The Morgan fingerprint density at radius 2 is 1.72 bits per heavy atom. The lowest BCUT2D eigenvalue weighted by molar-refractivity contribution is 0.131. The molecule has 0 saturated carbocycles. The zero-order valence-corrected chi connectivity index (χ0v) is 16.4. The van der Waals surface area contributed by atoms with E-state index in [2.05, 4.69) is 26.0 Å². The fourth-order valence-electron chi connectivity index (χ4n) is 2.81. The van der Waals surface area contributed by atoms with Gasteiger partial charge in [-0.3, -0.25) is 0 Å². The minimum absolute atomic E-state index is 0.0910. The molecule has 0 radical (unpaired) electrons. The highest BCUT2D eigenvalue weighted by Gasteiger charge is 2.31. The SMILES string of the molecule is COC1=N[C@H](C(C)C)C(OC)=NC1Cc1cccc(OC(C)(C)C)c1. The van der Waals surface area contributed by atoms with Crippen LogP contribution in [-0.2, 0) is 15.9 Å². The summed E-state index contributed by atoms with van der Waals surface area (Å²) in [7, 11) is 3.30. The maximum atomic E-state index is 5.95. The molecule has 1 heterocycles. The summed E-state index contributed by atoms with van der Waals surface area (Å²) in [6, 6.07) is 7.82. The van der Waals surface area contributed by atoms with Gasteiger partial charge in [-0.15, -0.1) is 0 Å². The fourth-order valence-corrected chi connectivity index (χ4v) is 2.81. The standard InChI is InChI=1S/C20H30N2O3/c1-13(2)17-19(24-7)21-16(18(22-17)23-6)12-14-9-8-10-15(11-14)25-20(3,4)5/h8-11,13,16-17H,12H2,1-7H3/t16?,17-/m1/s1. The Morgan fingerprint density at radius 3 is 2.28 bits per heavy atom. The van der Waals surface area contributed by atoms with Gasteiger partial charge in [0.05, 0.1) is 14.2 Å². The van der Waals surface area contributed by atoms with Crippen molar-refractivity contribution in [3.8, 4) is 5.75 Å². The van der Waals surface area contributed by atoms with E-state index in [1.807, 2.05) is 32.9 Å². The number of methoxy groups -OCH3 is 2. The number of ether oxygens (including phenoxy) is 3. The summed E-state index contributed by atoms with van der Waals surface area (Å²) in [5.41, 5.74) is 0.896. The second-order valence-electron chi connectivity index (χ2n) is 7.61. The average molecular weight is 346 g/mol. The van der Waals surface area contributed by atoms with Crippen molar-refractivity contribution in [2.24, 2.45) is 15.9 Å². The van der Waals surface area contributed by atoms with Gasteiger partial charge in [-0.1, -0.05) is 26.0 Å². The van der Waals surface area contributed by atoms with Gasteiger partial charge in [0.2, 0.25) is 11.8 Å². The van der Waals surface area contributed by atoms with Gasteiger partial charge in [-0.25, -0.2) is 9.98 Å². The van der Waals surface area contributed by atoms with Crippen LogP contribution in [0.1, 0.15) is 40.2 Å². The highest BCUT2D eigenvalue weighted by atomic mass is 16.5. The van der Waals surface area contributed by atoms with E-state index >= 15 is 0 Å². The predicted molar refractivity (Wildman–Crippen MR) is 102 cm³/mol. The number of hydrogen-bond donors (Lipinski definition) is 0. The maximum absolute atomic E-state index is 5.95.